The Balaban J connectivity index is 1.31. The van der Waals surface area contributed by atoms with Crippen molar-refractivity contribution in [1.29, 1.82) is 0 Å². The summed E-state index contributed by atoms with van der Waals surface area (Å²) in [5.74, 6) is 2.37. The zero-order chi connectivity index (χ0) is 18.4. The molecular formula is C19H18ClN5O2. The number of hydrogen-bond acceptors (Lipinski definition) is 6. The van der Waals surface area contributed by atoms with Gasteiger partial charge in [0.15, 0.2) is 0 Å². The summed E-state index contributed by atoms with van der Waals surface area (Å²) < 4.78 is 5.39. The van der Waals surface area contributed by atoms with Gasteiger partial charge in [-0.25, -0.2) is 4.98 Å². The van der Waals surface area contributed by atoms with E-state index in [2.05, 4.69) is 25.0 Å². The highest BCUT2D eigenvalue weighted by atomic mass is 35.5. The molecule has 8 heteroatoms. The fraction of sp³-hybridized carbons (Fsp3) is 0.368. The number of halogens is 1. The van der Waals surface area contributed by atoms with Crippen molar-refractivity contribution in [2.45, 2.75) is 38.3 Å². The monoisotopic (exact) mass is 383 g/mol. The van der Waals surface area contributed by atoms with Crippen LogP contribution in [0.2, 0.25) is 5.02 Å². The first-order chi connectivity index (χ1) is 13.2. The minimum absolute atomic E-state index is 0.0148. The second kappa shape index (κ2) is 6.58. The predicted molar refractivity (Wildman–Crippen MR) is 99.4 cm³/mol. The highest BCUT2D eigenvalue weighted by Crippen LogP contribution is 2.37. The SMILES string of the molecule is O=c1[nH]c(C2CC2)nc2c1CN(Cc1nc(-c3ccc(Cl)cc3)no1)CC2. The largest absolute Gasteiger partial charge is 0.338 e. The Hall–Kier alpha value is -2.51. The van der Waals surface area contributed by atoms with Crippen LogP contribution in [-0.2, 0) is 19.5 Å². The van der Waals surface area contributed by atoms with E-state index in [1.165, 1.54) is 0 Å². The van der Waals surface area contributed by atoms with Crippen LogP contribution < -0.4 is 5.56 Å². The van der Waals surface area contributed by atoms with Crippen LogP contribution in [0.5, 0.6) is 0 Å². The first-order valence-electron chi connectivity index (χ1n) is 9.08. The number of nitrogens with zero attached hydrogens (tertiary/aromatic N) is 4. The Bertz CT molecular complexity index is 1040. The van der Waals surface area contributed by atoms with Gasteiger partial charge in [0.1, 0.15) is 5.82 Å². The molecule has 3 aromatic rings. The van der Waals surface area contributed by atoms with E-state index in [-0.39, 0.29) is 5.56 Å². The molecule has 7 nitrogen and oxygen atoms in total. The van der Waals surface area contributed by atoms with Crippen molar-refractivity contribution in [3.05, 3.63) is 62.6 Å². The summed E-state index contributed by atoms with van der Waals surface area (Å²) in [5.41, 5.74) is 2.53. The molecule has 5 rings (SSSR count). The van der Waals surface area contributed by atoms with Crippen LogP contribution in [0.1, 0.15) is 41.7 Å². The average molecular weight is 384 g/mol. The molecular weight excluding hydrogens is 366 g/mol. The van der Waals surface area contributed by atoms with Crippen LogP contribution in [0.15, 0.2) is 33.6 Å². The second-order valence-electron chi connectivity index (χ2n) is 7.13. The van der Waals surface area contributed by atoms with Crippen molar-refractivity contribution in [2.75, 3.05) is 6.54 Å². The number of benzene rings is 1. The molecule has 1 aromatic carbocycles. The standard InChI is InChI=1S/C19H18ClN5O2/c20-13-5-3-12(4-6-13)18-22-16(27-24-18)10-25-8-7-15-14(9-25)19(26)23-17(21-15)11-1-2-11/h3-6,11H,1-2,7-10H2,(H,21,23,26). The third-order valence-electron chi connectivity index (χ3n) is 5.06. The van der Waals surface area contributed by atoms with Crippen molar-refractivity contribution in [2.24, 2.45) is 0 Å². The Morgan fingerprint density at radius 1 is 1.22 bits per heavy atom. The minimum atomic E-state index is -0.0148. The van der Waals surface area contributed by atoms with Gasteiger partial charge in [-0.15, -0.1) is 0 Å². The van der Waals surface area contributed by atoms with Gasteiger partial charge >= 0.3 is 0 Å². The molecule has 0 amide bonds. The molecule has 138 valence electrons. The summed E-state index contributed by atoms with van der Waals surface area (Å²) >= 11 is 5.91. The topological polar surface area (TPSA) is 87.9 Å². The van der Waals surface area contributed by atoms with Gasteiger partial charge in [-0.3, -0.25) is 9.69 Å². The lowest BCUT2D eigenvalue weighted by Crippen LogP contribution is -2.35. The molecule has 0 spiro atoms. The predicted octanol–water partition coefficient (Wildman–Crippen LogP) is 2.91. The van der Waals surface area contributed by atoms with E-state index < -0.39 is 0 Å². The normalized spacial score (nSPS) is 17.1. The molecule has 0 radical (unpaired) electrons. The molecule has 27 heavy (non-hydrogen) atoms. The summed E-state index contributed by atoms with van der Waals surface area (Å²) in [5, 5.41) is 4.71. The third-order valence-corrected chi connectivity index (χ3v) is 5.31. The first-order valence-corrected chi connectivity index (χ1v) is 9.46. The van der Waals surface area contributed by atoms with E-state index >= 15 is 0 Å². The molecule has 0 bridgehead atoms. The van der Waals surface area contributed by atoms with Gasteiger partial charge in [0.2, 0.25) is 11.7 Å². The number of aromatic amines is 1. The lowest BCUT2D eigenvalue weighted by atomic mass is 10.1. The van der Waals surface area contributed by atoms with Crippen molar-refractivity contribution in [1.82, 2.24) is 25.0 Å². The molecule has 1 saturated carbocycles. The Morgan fingerprint density at radius 3 is 2.81 bits per heavy atom. The molecule has 1 aliphatic carbocycles. The van der Waals surface area contributed by atoms with E-state index in [9.17, 15) is 4.79 Å². The summed E-state index contributed by atoms with van der Waals surface area (Å²) in [4.78, 5) is 26.7. The van der Waals surface area contributed by atoms with Gasteiger partial charge < -0.3 is 9.51 Å². The molecule has 1 fully saturated rings. The molecule has 2 aliphatic rings. The lowest BCUT2D eigenvalue weighted by Gasteiger charge is -2.26. The number of nitrogens with one attached hydrogen (secondary N) is 1. The van der Waals surface area contributed by atoms with Gasteiger partial charge in [-0.05, 0) is 37.1 Å². The van der Waals surface area contributed by atoms with Gasteiger partial charge in [0.05, 0.1) is 17.8 Å². The molecule has 0 unspecified atom stereocenters. The molecule has 1 aliphatic heterocycles. The number of H-pyrrole nitrogens is 1. The molecule has 0 saturated heterocycles. The number of hydrogen-bond donors (Lipinski definition) is 1. The minimum Gasteiger partial charge on any atom is -0.338 e. The fourth-order valence-corrected chi connectivity index (χ4v) is 3.54. The number of aromatic nitrogens is 4. The Morgan fingerprint density at radius 2 is 2.04 bits per heavy atom. The highest BCUT2D eigenvalue weighted by molar-refractivity contribution is 6.30. The van der Waals surface area contributed by atoms with Gasteiger partial charge in [0.25, 0.3) is 5.56 Å². The number of fused-ring (bicyclic) bond motifs is 1. The smallest absolute Gasteiger partial charge is 0.255 e. The zero-order valence-electron chi connectivity index (χ0n) is 14.6. The maximum atomic E-state index is 12.4. The van der Waals surface area contributed by atoms with Crippen LogP contribution in [-0.4, -0.2) is 31.6 Å². The van der Waals surface area contributed by atoms with Crippen molar-refractivity contribution < 1.29 is 4.52 Å². The molecule has 0 atom stereocenters. The molecule has 3 heterocycles. The van der Waals surface area contributed by atoms with E-state index in [1.807, 2.05) is 12.1 Å². The van der Waals surface area contributed by atoms with Crippen molar-refractivity contribution >= 4 is 11.6 Å². The van der Waals surface area contributed by atoms with Gasteiger partial charge in [-0.2, -0.15) is 4.98 Å². The van der Waals surface area contributed by atoms with Gasteiger partial charge in [0, 0.05) is 36.0 Å². The first kappa shape index (κ1) is 16.6. The maximum absolute atomic E-state index is 12.4. The van der Waals surface area contributed by atoms with E-state index in [4.69, 9.17) is 16.1 Å². The van der Waals surface area contributed by atoms with E-state index in [0.717, 1.165) is 48.5 Å². The van der Waals surface area contributed by atoms with Crippen LogP contribution in [0.25, 0.3) is 11.4 Å². The summed E-state index contributed by atoms with van der Waals surface area (Å²) in [6.45, 7) is 1.86. The quantitative estimate of drug-likeness (QED) is 0.745. The van der Waals surface area contributed by atoms with Crippen LogP contribution in [0.4, 0.5) is 0 Å². The Kier molecular flexibility index (Phi) is 4.06. The van der Waals surface area contributed by atoms with Crippen molar-refractivity contribution in [3.63, 3.8) is 0 Å². The summed E-state index contributed by atoms with van der Waals surface area (Å²) in [6, 6.07) is 7.31. The molecule has 2 aromatic heterocycles. The fourth-order valence-electron chi connectivity index (χ4n) is 3.41. The lowest BCUT2D eigenvalue weighted by molar-refractivity contribution is 0.207. The van der Waals surface area contributed by atoms with Crippen LogP contribution in [0, 0.1) is 0 Å². The van der Waals surface area contributed by atoms with E-state index in [1.54, 1.807) is 12.1 Å². The molecule has 1 N–H and O–H groups in total. The van der Waals surface area contributed by atoms with E-state index in [0.29, 0.717) is 35.7 Å². The third kappa shape index (κ3) is 3.40. The summed E-state index contributed by atoms with van der Waals surface area (Å²) in [7, 11) is 0. The zero-order valence-corrected chi connectivity index (χ0v) is 15.4. The highest BCUT2D eigenvalue weighted by Gasteiger charge is 2.29. The van der Waals surface area contributed by atoms with Gasteiger partial charge in [-0.1, -0.05) is 16.8 Å². The van der Waals surface area contributed by atoms with Crippen LogP contribution in [0.3, 0.4) is 0 Å². The second-order valence-corrected chi connectivity index (χ2v) is 7.57. The van der Waals surface area contributed by atoms with Crippen molar-refractivity contribution in [3.8, 4) is 11.4 Å². The van der Waals surface area contributed by atoms with Crippen LogP contribution >= 0.6 is 11.6 Å². The number of rotatable bonds is 4. The average Bonchev–Trinajstić information content (AvgIpc) is 3.42. The summed E-state index contributed by atoms with van der Waals surface area (Å²) in [6.07, 6.45) is 3.01. The maximum Gasteiger partial charge on any atom is 0.255 e. The Labute approximate surface area is 160 Å².